The van der Waals surface area contributed by atoms with Gasteiger partial charge in [-0.15, -0.1) is 5.10 Å². The molecule has 0 unspecified atom stereocenters. The maximum Gasteiger partial charge on any atom is 0.453 e. The van der Waals surface area contributed by atoms with Gasteiger partial charge in [0.1, 0.15) is 0 Å². The Kier molecular flexibility index (Phi) is 5.23. The highest BCUT2D eigenvalue weighted by Crippen LogP contribution is 2.27. The summed E-state index contributed by atoms with van der Waals surface area (Å²) in [7, 11) is 0. The molecule has 0 spiro atoms. The Hall–Kier alpha value is -3.50. The first-order valence-corrected chi connectivity index (χ1v) is 8.52. The summed E-state index contributed by atoms with van der Waals surface area (Å²) in [6.45, 7) is 4.54. The Bertz CT molecular complexity index is 1090. The van der Waals surface area contributed by atoms with Gasteiger partial charge in [0.25, 0.3) is 11.6 Å². The molecule has 0 aliphatic heterocycles. The second-order valence-electron chi connectivity index (χ2n) is 6.39. The van der Waals surface area contributed by atoms with E-state index in [0.717, 1.165) is 4.52 Å². The van der Waals surface area contributed by atoms with E-state index < -0.39 is 12.0 Å². The molecule has 0 saturated carbocycles. The number of rotatable bonds is 4. The largest absolute Gasteiger partial charge is 0.453 e. The second kappa shape index (κ2) is 7.49. The number of benzene rings is 1. The van der Waals surface area contributed by atoms with Gasteiger partial charge in [0.05, 0.1) is 6.42 Å². The summed E-state index contributed by atoms with van der Waals surface area (Å²) in [4.78, 5) is 30.9. The van der Waals surface area contributed by atoms with E-state index in [1.165, 1.54) is 6.92 Å². The van der Waals surface area contributed by atoms with E-state index in [1.54, 1.807) is 38.1 Å². The molecule has 3 aromatic rings. The van der Waals surface area contributed by atoms with Crippen molar-refractivity contribution in [3.05, 3.63) is 47.0 Å². The fraction of sp³-hybridized carbons (Fsp3) is 0.278. The summed E-state index contributed by atoms with van der Waals surface area (Å²) in [6.07, 6.45) is -4.79. The Balaban J connectivity index is 1.80. The van der Waals surface area contributed by atoms with E-state index in [9.17, 15) is 22.8 Å². The molecule has 8 nitrogen and oxygen atoms in total. The Labute approximate surface area is 163 Å². The van der Waals surface area contributed by atoms with Crippen LogP contribution in [0.2, 0.25) is 0 Å². The summed E-state index contributed by atoms with van der Waals surface area (Å²) in [5.74, 6) is -2.04. The molecule has 0 saturated heterocycles. The number of fused-ring (bicyclic) bond motifs is 1. The Morgan fingerprint density at radius 1 is 1.03 bits per heavy atom. The first-order valence-electron chi connectivity index (χ1n) is 8.52. The van der Waals surface area contributed by atoms with Crippen molar-refractivity contribution in [3.8, 4) is 0 Å². The zero-order chi connectivity index (χ0) is 21.3. The minimum absolute atomic E-state index is 0.102. The molecule has 3 rings (SSSR count). The molecular weight excluding hydrogens is 389 g/mol. The van der Waals surface area contributed by atoms with Crippen LogP contribution in [0.25, 0.3) is 5.78 Å². The zero-order valence-corrected chi connectivity index (χ0v) is 15.8. The second-order valence-corrected chi connectivity index (χ2v) is 6.39. The third-order valence-corrected chi connectivity index (χ3v) is 4.13. The van der Waals surface area contributed by atoms with Crippen molar-refractivity contribution in [2.24, 2.45) is 0 Å². The maximum absolute atomic E-state index is 12.9. The summed E-state index contributed by atoms with van der Waals surface area (Å²) < 4.78 is 39.6. The molecule has 152 valence electrons. The molecule has 0 bridgehead atoms. The first-order chi connectivity index (χ1) is 13.5. The summed E-state index contributed by atoms with van der Waals surface area (Å²) >= 11 is 0. The van der Waals surface area contributed by atoms with Crippen LogP contribution >= 0.6 is 0 Å². The van der Waals surface area contributed by atoms with Gasteiger partial charge in [-0.3, -0.25) is 9.59 Å². The van der Waals surface area contributed by atoms with Gasteiger partial charge in [0.2, 0.25) is 11.8 Å². The number of alkyl halides is 3. The zero-order valence-electron chi connectivity index (χ0n) is 15.8. The van der Waals surface area contributed by atoms with Crippen molar-refractivity contribution in [1.29, 1.82) is 0 Å². The molecule has 2 amide bonds. The van der Waals surface area contributed by atoms with Gasteiger partial charge in [-0.2, -0.15) is 18.2 Å². The average Bonchev–Trinajstić information content (AvgIpc) is 3.04. The average molecular weight is 406 g/mol. The highest BCUT2D eigenvalue weighted by Gasteiger charge is 2.37. The van der Waals surface area contributed by atoms with E-state index in [-0.39, 0.29) is 24.0 Å². The molecule has 0 fully saturated rings. The molecule has 0 aliphatic carbocycles. The Morgan fingerprint density at radius 2 is 1.62 bits per heavy atom. The molecule has 0 radical (unpaired) electrons. The van der Waals surface area contributed by atoms with E-state index >= 15 is 0 Å². The molecule has 2 heterocycles. The lowest BCUT2D eigenvalue weighted by molar-refractivity contribution is -0.144. The van der Waals surface area contributed by atoms with Crippen molar-refractivity contribution in [1.82, 2.24) is 19.6 Å². The van der Waals surface area contributed by atoms with Crippen LogP contribution in [-0.2, 0) is 22.2 Å². The maximum atomic E-state index is 12.9. The smallest absolute Gasteiger partial charge is 0.326 e. The molecule has 0 atom stereocenters. The predicted octanol–water partition coefficient (Wildman–Crippen LogP) is 2.90. The van der Waals surface area contributed by atoms with Crippen LogP contribution in [-0.4, -0.2) is 31.4 Å². The van der Waals surface area contributed by atoms with E-state index in [4.69, 9.17) is 0 Å². The number of halogens is 3. The van der Waals surface area contributed by atoms with Gasteiger partial charge < -0.3 is 10.6 Å². The van der Waals surface area contributed by atoms with Crippen LogP contribution < -0.4 is 10.6 Å². The Morgan fingerprint density at radius 3 is 2.17 bits per heavy atom. The van der Waals surface area contributed by atoms with Gasteiger partial charge in [0, 0.05) is 35.2 Å². The van der Waals surface area contributed by atoms with Crippen LogP contribution in [0, 0.1) is 13.8 Å². The molecular formula is C18H17F3N6O2. The summed E-state index contributed by atoms with van der Waals surface area (Å²) in [6, 6.07) is 6.51. The monoisotopic (exact) mass is 406 g/mol. The quantitative estimate of drug-likeness (QED) is 0.694. The summed E-state index contributed by atoms with van der Waals surface area (Å²) in [5.41, 5.74) is 2.31. The first kappa shape index (κ1) is 20.2. The third kappa shape index (κ3) is 4.50. The van der Waals surface area contributed by atoms with E-state index in [2.05, 4.69) is 25.7 Å². The standard InChI is InChI=1S/C18H17F3N6O2/c1-9-14(10(2)27-17(22-9)25-16(26-27)18(19,20)21)8-15(29)24-13-6-4-12(5-7-13)23-11(3)28/h4-7H,8H2,1-3H3,(H,23,28)(H,24,29). The molecule has 1 aromatic carbocycles. The number of hydrogen-bond acceptors (Lipinski definition) is 5. The normalized spacial score (nSPS) is 11.5. The highest BCUT2D eigenvalue weighted by molar-refractivity contribution is 5.93. The van der Waals surface area contributed by atoms with Crippen LogP contribution in [0.1, 0.15) is 29.7 Å². The van der Waals surface area contributed by atoms with Gasteiger partial charge >= 0.3 is 6.18 Å². The predicted molar refractivity (Wildman–Crippen MR) is 98.3 cm³/mol. The third-order valence-electron chi connectivity index (χ3n) is 4.13. The van der Waals surface area contributed by atoms with E-state index in [0.29, 0.717) is 28.3 Å². The van der Waals surface area contributed by atoms with Gasteiger partial charge in [0.15, 0.2) is 0 Å². The minimum Gasteiger partial charge on any atom is -0.326 e. The number of carbonyl (C=O) groups is 2. The number of aryl methyl sites for hydroxylation is 2. The topological polar surface area (TPSA) is 101 Å². The van der Waals surface area contributed by atoms with Crippen LogP contribution in [0.3, 0.4) is 0 Å². The van der Waals surface area contributed by atoms with Crippen LogP contribution in [0.5, 0.6) is 0 Å². The van der Waals surface area contributed by atoms with Gasteiger partial charge in [-0.25, -0.2) is 9.50 Å². The number of amides is 2. The number of carbonyl (C=O) groups excluding carboxylic acids is 2. The van der Waals surface area contributed by atoms with Crippen molar-refractivity contribution in [2.45, 2.75) is 33.4 Å². The van der Waals surface area contributed by atoms with Crippen LogP contribution in [0.15, 0.2) is 24.3 Å². The highest BCUT2D eigenvalue weighted by atomic mass is 19.4. The number of nitrogens with zero attached hydrogens (tertiary/aromatic N) is 4. The molecule has 2 N–H and O–H groups in total. The lowest BCUT2D eigenvalue weighted by atomic mass is 10.1. The SMILES string of the molecule is CC(=O)Nc1ccc(NC(=O)Cc2c(C)nc3nc(C(F)(F)F)nn3c2C)cc1. The summed E-state index contributed by atoms with van der Waals surface area (Å²) in [5, 5.41) is 8.77. The van der Waals surface area contributed by atoms with Crippen molar-refractivity contribution >= 4 is 29.0 Å². The molecule has 29 heavy (non-hydrogen) atoms. The van der Waals surface area contributed by atoms with Crippen molar-refractivity contribution in [2.75, 3.05) is 10.6 Å². The lowest BCUT2D eigenvalue weighted by Crippen LogP contribution is -2.18. The number of aromatic nitrogens is 4. The number of nitrogens with one attached hydrogen (secondary N) is 2. The van der Waals surface area contributed by atoms with Crippen molar-refractivity contribution in [3.63, 3.8) is 0 Å². The molecule has 2 aromatic heterocycles. The van der Waals surface area contributed by atoms with Gasteiger partial charge in [-0.05, 0) is 38.1 Å². The number of hydrogen-bond donors (Lipinski definition) is 2. The van der Waals surface area contributed by atoms with Gasteiger partial charge in [-0.1, -0.05) is 0 Å². The fourth-order valence-corrected chi connectivity index (χ4v) is 2.79. The lowest BCUT2D eigenvalue weighted by Gasteiger charge is -2.11. The van der Waals surface area contributed by atoms with E-state index in [1.807, 2.05) is 0 Å². The minimum atomic E-state index is -4.69. The fourth-order valence-electron chi connectivity index (χ4n) is 2.79. The molecule has 0 aliphatic rings. The van der Waals surface area contributed by atoms with Crippen molar-refractivity contribution < 1.29 is 22.8 Å². The molecule has 11 heteroatoms. The number of anilines is 2. The van der Waals surface area contributed by atoms with Crippen LogP contribution in [0.4, 0.5) is 24.5 Å².